The van der Waals surface area contributed by atoms with E-state index in [1.165, 1.54) is 38.8 Å². The summed E-state index contributed by atoms with van der Waals surface area (Å²) in [6, 6.07) is 75.8. The van der Waals surface area contributed by atoms with Gasteiger partial charge in [-0.2, -0.15) is 0 Å². The van der Waals surface area contributed by atoms with Crippen molar-refractivity contribution in [1.82, 2.24) is 0 Å². The van der Waals surface area contributed by atoms with Crippen molar-refractivity contribution in [2.45, 2.75) is 0 Å². The molecule has 0 aliphatic rings. The number of furan rings is 1. The van der Waals surface area contributed by atoms with Crippen LogP contribution in [-0.2, 0) is 0 Å². The highest BCUT2D eigenvalue weighted by atomic mass is 16.3. The first-order chi connectivity index (χ1) is 26.8. The monoisotopic (exact) mass is 689 g/mol. The number of rotatable bonds is 7. The minimum Gasteiger partial charge on any atom is -0.455 e. The van der Waals surface area contributed by atoms with Crippen molar-refractivity contribution < 1.29 is 4.42 Å². The van der Waals surface area contributed by atoms with E-state index < -0.39 is 0 Å². The van der Waals surface area contributed by atoms with Gasteiger partial charge in [0.2, 0.25) is 0 Å². The van der Waals surface area contributed by atoms with Gasteiger partial charge in [0, 0.05) is 33.2 Å². The number of nitrogens with zero attached hydrogens (tertiary/aromatic N) is 1. The molecule has 0 aliphatic carbocycles. The van der Waals surface area contributed by atoms with E-state index in [-0.39, 0.29) is 0 Å². The Morgan fingerprint density at radius 1 is 0.315 bits per heavy atom. The van der Waals surface area contributed by atoms with Crippen molar-refractivity contribution in [1.29, 1.82) is 0 Å². The molecule has 0 saturated carbocycles. The Kier molecular flexibility index (Phi) is 7.85. The van der Waals surface area contributed by atoms with Gasteiger partial charge in [0.05, 0.1) is 0 Å². The summed E-state index contributed by atoms with van der Waals surface area (Å²) >= 11 is 0. The molecule has 0 unspecified atom stereocenters. The zero-order valence-corrected chi connectivity index (χ0v) is 29.6. The minimum absolute atomic E-state index is 0.895. The van der Waals surface area contributed by atoms with Gasteiger partial charge < -0.3 is 9.32 Å². The number of fused-ring (bicyclic) bond motifs is 5. The zero-order valence-electron chi connectivity index (χ0n) is 29.6. The lowest BCUT2D eigenvalue weighted by Crippen LogP contribution is -2.09. The Bertz CT molecular complexity index is 2910. The summed E-state index contributed by atoms with van der Waals surface area (Å²) < 4.78 is 6.54. The highest BCUT2D eigenvalue weighted by Gasteiger charge is 2.18. The molecule has 0 fully saturated rings. The lowest BCUT2D eigenvalue weighted by Gasteiger charge is -2.26. The van der Waals surface area contributed by atoms with E-state index >= 15 is 0 Å². The highest BCUT2D eigenvalue weighted by Crippen LogP contribution is 2.43. The lowest BCUT2D eigenvalue weighted by molar-refractivity contribution is 0.673. The standard InChI is InChI=1S/C52H35NO/c1-4-14-37(15-5-1)45-32-29-40(35-49(45)38-16-6-2-7-17-38)36-26-30-43(31-27-36)53(42-20-8-3-9-21-42)44-22-12-19-41(34-44)46-24-13-25-50-51(46)48-33-28-39-18-10-11-23-47(39)52(48)54-50/h1-35H. The molecular formula is C52H35NO. The number of hydrogen-bond acceptors (Lipinski definition) is 2. The normalized spacial score (nSPS) is 11.3. The highest BCUT2D eigenvalue weighted by molar-refractivity contribution is 6.19. The van der Waals surface area contributed by atoms with Crippen LogP contribution >= 0.6 is 0 Å². The number of hydrogen-bond donors (Lipinski definition) is 0. The van der Waals surface area contributed by atoms with E-state index in [1.54, 1.807) is 0 Å². The van der Waals surface area contributed by atoms with Gasteiger partial charge in [0.1, 0.15) is 11.2 Å². The van der Waals surface area contributed by atoms with Gasteiger partial charge in [0.15, 0.2) is 0 Å². The molecule has 54 heavy (non-hydrogen) atoms. The van der Waals surface area contributed by atoms with Crippen LogP contribution in [0.25, 0.3) is 77.2 Å². The molecule has 1 heterocycles. The lowest BCUT2D eigenvalue weighted by atomic mass is 9.91. The second kappa shape index (κ2) is 13.4. The average molecular weight is 690 g/mol. The Morgan fingerprint density at radius 3 is 1.70 bits per heavy atom. The maximum atomic E-state index is 6.54. The first-order valence-electron chi connectivity index (χ1n) is 18.4. The molecule has 9 aromatic carbocycles. The third kappa shape index (κ3) is 5.62. The molecule has 0 aliphatic heterocycles. The molecular weight excluding hydrogens is 655 g/mol. The van der Waals surface area contributed by atoms with Crippen LogP contribution in [0.5, 0.6) is 0 Å². The molecule has 0 amide bonds. The van der Waals surface area contributed by atoms with Crippen molar-refractivity contribution in [3.05, 3.63) is 212 Å². The number of para-hydroxylation sites is 1. The minimum atomic E-state index is 0.895. The third-order valence-corrected chi connectivity index (χ3v) is 10.5. The van der Waals surface area contributed by atoms with E-state index in [2.05, 4.69) is 217 Å². The average Bonchev–Trinajstić information content (AvgIpc) is 3.65. The predicted molar refractivity (Wildman–Crippen MR) is 228 cm³/mol. The molecule has 0 N–H and O–H groups in total. The largest absolute Gasteiger partial charge is 0.455 e. The van der Waals surface area contributed by atoms with Gasteiger partial charge in [-0.1, -0.05) is 158 Å². The summed E-state index contributed by atoms with van der Waals surface area (Å²) in [5, 5.41) is 4.58. The van der Waals surface area contributed by atoms with Gasteiger partial charge in [0.25, 0.3) is 0 Å². The Labute approximate surface area is 314 Å². The van der Waals surface area contributed by atoms with Gasteiger partial charge in [-0.05, 0) is 104 Å². The van der Waals surface area contributed by atoms with Crippen LogP contribution in [0.2, 0.25) is 0 Å². The smallest absolute Gasteiger partial charge is 0.143 e. The van der Waals surface area contributed by atoms with Crippen LogP contribution in [0.1, 0.15) is 0 Å². The first-order valence-corrected chi connectivity index (χ1v) is 18.4. The summed E-state index contributed by atoms with van der Waals surface area (Å²) in [6.45, 7) is 0. The van der Waals surface area contributed by atoms with Crippen molar-refractivity contribution in [2.75, 3.05) is 4.90 Å². The summed E-state index contributed by atoms with van der Waals surface area (Å²) in [4.78, 5) is 2.34. The van der Waals surface area contributed by atoms with Crippen LogP contribution < -0.4 is 4.90 Å². The van der Waals surface area contributed by atoms with E-state index in [0.29, 0.717) is 0 Å². The molecule has 10 aromatic rings. The van der Waals surface area contributed by atoms with E-state index in [0.717, 1.165) is 55.5 Å². The summed E-state index contributed by atoms with van der Waals surface area (Å²) in [5.74, 6) is 0. The molecule has 0 spiro atoms. The van der Waals surface area contributed by atoms with E-state index in [1.807, 2.05) is 0 Å². The molecule has 1 aromatic heterocycles. The van der Waals surface area contributed by atoms with Crippen LogP contribution in [0.15, 0.2) is 217 Å². The number of benzene rings is 9. The summed E-state index contributed by atoms with van der Waals surface area (Å²) in [5.41, 5.74) is 14.6. The zero-order chi connectivity index (χ0) is 35.8. The molecule has 254 valence electrons. The molecule has 0 radical (unpaired) electrons. The predicted octanol–water partition coefficient (Wildman–Crippen LogP) is 14.9. The van der Waals surface area contributed by atoms with Gasteiger partial charge in [-0.25, -0.2) is 0 Å². The second-order valence-electron chi connectivity index (χ2n) is 13.7. The first kappa shape index (κ1) is 31.6. The third-order valence-electron chi connectivity index (χ3n) is 10.5. The molecule has 0 saturated heterocycles. The molecule has 10 rings (SSSR count). The Balaban J connectivity index is 1.06. The van der Waals surface area contributed by atoms with Crippen LogP contribution in [0, 0.1) is 0 Å². The second-order valence-corrected chi connectivity index (χ2v) is 13.7. The molecule has 2 nitrogen and oxygen atoms in total. The van der Waals surface area contributed by atoms with Crippen molar-refractivity contribution >= 4 is 49.8 Å². The van der Waals surface area contributed by atoms with E-state index in [4.69, 9.17) is 4.42 Å². The maximum Gasteiger partial charge on any atom is 0.143 e. The fourth-order valence-corrected chi connectivity index (χ4v) is 7.88. The SMILES string of the molecule is c1ccc(-c2ccc(-c3ccc(N(c4ccccc4)c4cccc(-c5cccc6oc7c8ccccc8ccc7c56)c4)cc3)cc2-c2ccccc2)cc1. The van der Waals surface area contributed by atoms with Crippen LogP contribution in [0.4, 0.5) is 17.1 Å². The van der Waals surface area contributed by atoms with Crippen molar-refractivity contribution in [3.63, 3.8) is 0 Å². The summed E-state index contributed by atoms with van der Waals surface area (Å²) in [6.07, 6.45) is 0. The van der Waals surface area contributed by atoms with Gasteiger partial charge in [-0.3, -0.25) is 0 Å². The van der Waals surface area contributed by atoms with Crippen LogP contribution in [-0.4, -0.2) is 0 Å². The number of anilines is 3. The quantitative estimate of drug-likeness (QED) is 0.166. The molecule has 0 atom stereocenters. The van der Waals surface area contributed by atoms with Crippen molar-refractivity contribution in [3.8, 4) is 44.5 Å². The Morgan fingerprint density at radius 2 is 0.926 bits per heavy atom. The topological polar surface area (TPSA) is 16.4 Å². The van der Waals surface area contributed by atoms with Crippen LogP contribution in [0.3, 0.4) is 0 Å². The molecule has 2 heteroatoms. The maximum absolute atomic E-state index is 6.54. The fraction of sp³-hybridized carbons (Fsp3) is 0. The molecule has 0 bridgehead atoms. The Hall–Kier alpha value is -7.16. The van der Waals surface area contributed by atoms with Gasteiger partial charge in [-0.15, -0.1) is 0 Å². The fourth-order valence-electron chi connectivity index (χ4n) is 7.88. The van der Waals surface area contributed by atoms with Gasteiger partial charge >= 0.3 is 0 Å². The van der Waals surface area contributed by atoms with E-state index in [9.17, 15) is 0 Å². The summed E-state index contributed by atoms with van der Waals surface area (Å²) in [7, 11) is 0. The van der Waals surface area contributed by atoms with Crippen molar-refractivity contribution in [2.24, 2.45) is 0 Å².